The molecule has 1 atom stereocenters. The van der Waals surface area contributed by atoms with Gasteiger partial charge >= 0.3 is 6.18 Å². The van der Waals surface area contributed by atoms with Gasteiger partial charge in [-0.15, -0.1) is 0 Å². The number of anilines is 1. The highest BCUT2D eigenvalue weighted by Crippen LogP contribution is 2.39. The molecule has 0 bridgehead atoms. The number of aliphatic hydroxyl groups is 1. The number of hydrogen-bond donors (Lipinski definition) is 1. The minimum absolute atomic E-state index is 0.0698. The third kappa shape index (κ3) is 2.92. The summed E-state index contributed by atoms with van der Waals surface area (Å²) < 4.78 is 39.3. The minimum Gasteiger partial charge on any atom is -0.396 e. The van der Waals surface area contributed by atoms with Gasteiger partial charge in [0.1, 0.15) is 0 Å². The third-order valence-corrected chi connectivity index (χ3v) is 3.51. The Labute approximate surface area is 116 Å². The van der Waals surface area contributed by atoms with E-state index in [0.717, 1.165) is 11.0 Å². The molecule has 1 N–H and O–H groups in total. The van der Waals surface area contributed by atoms with Crippen LogP contribution in [0.2, 0.25) is 0 Å². The van der Waals surface area contributed by atoms with E-state index in [9.17, 15) is 18.0 Å². The van der Waals surface area contributed by atoms with Crippen LogP contribution >= 0.6 is 15.9 Å². The van der Waals surface area contributed by atoms with Crippen molar-refractivity contribution in [1.29, 1.82) is 0 Å². The van der Waals surface area contributed by atoms with Gasteiger partial charge in [-0.2, -0.15) is 13.2 Å². The molecule has 1 saturated heterocycles. The molecule has 7 heteroatoms. The van der Waals surface area contributed by atoms with Gasteiger partial charge in [0.2, 0.25) is 5.91 Å². The summed E-state index contributed by atoms with van der Waals surface area (Å²) in [6, 6.07) is 3.51. The molecule has 3 nitrogen and oxygen atoms in total. The lowest BCUT2D eigenvalue weighted by atomic mass is 10.1. The van der Waals surface area contributed by atoms with E-state index in [1.165, 1.54) is 12.1 Å². The van der Waals surface area contributed by atoms with Crippen LogP contribution in [0.25, 0.3) is 0 Å². The quantitative estimate of drug-likeness (QED) is 0.901. The highest BCUT2D eigenvalue weighted by molar-refractivity contribution is 9.10. The van der Waals surface area contributed by atoms with Crippen molar-refractivity contribution in [2.75, 3.05) is 18.1 Å². The number of benzene rings is 1. The molecule has 1 heterocycles. The molecule has 104 valence electrons. The average Bonchev–Trinajstić information content (AvgIpc) is 2.68. The summed E-state index contributed by atoms with van der Waals surface area (Å²) in [6.07, 6.45) is -4.45. The maximum absolute atomic E-state index is 12.9. The Bertz CT molecular complexity index is 504. The van der Waals surface area contributed by atoms with Gasteiger partial charge in [-0.3, -0.25) is 4.79 Å². The average molecular weight is 338 g/mol. The second kappa shape index (κ2) is 5.13. The van der Waals surface area contributed by atoms with Gasteiger partial charge in [-0.25, -0.2) is 0 Å². The van der Waals surface area contributed by atoms with Crippen LogP contribution in [0.1, 0.15) is 12.0 Å². The number of halogens is 4. The van der Waals surface area contributed by atoms with Gasteiger partial charge in [0.15, 0.2) is 0 Å². The molecule has 0 spiro atoms. The van der Waals surface area contributed by atoms with Crippen molar-refractivity contribution >= 4 is 27.5 Å². The lowest BCUT2D eigenvalue weighted by Crippen LogP contribution is -2.27. The smallest absolute Gasteiger partial charge is 0.396 e. The van der Waals surface area contributed by atoms with Crippen LogP contribution in [0.15, 0.2) is 22.7 Å². The molecule has 0 aromatic heterocycles. The van der Waals surface area contributed by atoms with E-state index in [-0.39, 0.29) is 31.2 Å². The third-order valence-electron chi connectivity index (χ3n) is 3.02. The lowest BCUT2D eigenvalue weighted by Gasteiger charge is -2.22. The molecule has 0 aliphatic carbocycles. The zero-order valence-electron chi connectivity index (χ0n) is 9.75. The number of carbonyl (C=O) groups excluding carboxylic acids is 1. The molecule has 1 amide bonds. The Balaban J connectivity index is 2.44. The Hall–Kier alpha value is -1.08. The summed E-state index contributed by atoms with van der Waals surface area (Å²) in [5.41, 5.74) is -1.01. The number of carbonyl (C=O) groups is 1. The fraction of sp³-hybridized carbons (Fsp3) is 0.417. The van der Waals surface area contributed by atoms with Crippen molar-refractivity contribution in [2.45, 2.75) is 12.6 Å². The van der Waals surface area contributed by atoms with Crippen LogP contribution in [0.4, 0.5) is 18.9 Å². The normalized spacial score (nSPS) is 20.2. The van der Waals surface area contributed by atoms with Gasteiger partial charge in [0, 0.05) is 30.0 Å². The molecule has 1 aliphatic heterocycles. The Morgan fingerprint density at radius 2 is 2.11 bits per heavy atom. The largest absolute Gasteiger partial charge is 0.418 e. The van der Waals surface area contributed by atoms with Gasteiger partial charge in [0.25, 0.3) is 0 Å². The van der Waals surface area contributed by atoms with Crippen molar-refractivity contribution < 1.29 is 23.1 Å². The zero-order chi connectivity index (χ0) is 14.2. The molecular formula is C12H11BrF3NO2. The number of hydrogen-bond acceptors (Lipinski definition) is 2. The molecule has 1 aliphatic rings. The molecule has 0 saturated carbocycles. The van der Waals surface area contributed by atoms with E-state index in [4.69, 9.17) is 5.11 Å². The van der Waals surface area contributed by atoms with Crippen LogP contribution in [0.5, 0.6) is 0 Å². The Morgan fingerprint density at radius 3 is 2.63 bits per heavy atom. The fourth-order valence-corrected chi connectivity index (χ4v) is 2.45. The predicted molar refractivity (Wildman–Crippen MR) is 66.7 cm³/mol. The highest BCUT2D eigenvalue weighted by atomic mass is 79.9. The highest BCUT2D eigenvalue weighted by Gasteiger charge is 2.39. The summed E-state index contributed by atoms with van der Waals surface area (Å²) in [5, 5.41) is 9.02. The second-order valence-electron chi connectivity index (χ2n) is 4.42. The first-order valence-electron chi connectivity index (χ1n) is 5.61. The standard InChI is InChI=1S/C12H11BrF3NO2/c13-8-1-2-9(12(14,15)16)10(4-8)17-5-7(6-18)3-11(17)19/h1-2,4,7,18H,3,5-6H2. The predicted octanol–water partition coefficient (Wildman–Crippen LogP) is 2.81. The van der Waals surface area contributed by atoms with Crippen molar-refractivity contribution in [3.05, 3.63) is 28.2 Å². The van der Waals surface area contributed by atoms with Crippen LogP contribution in [0.3, 0.4) is 0 Å². The van der Waals surface area contributed by atoms with Gasteiger partial charge in [0.05, 0.1) is 11.3 Å². The number of nitrogens with zero attached hydrogens (tertiary/aromatic N) is 1. The maximum Gasteiger partial charge on any atom is 0.418 e. The topological polar surface area (TPSA) is 40.5 Å². The number of rotatable bonds is 2. The number of alkyl halides is 3. The molecule has 1 aromatic carbocycles. The van der Waals surface area contributed by atoms with Crippen LogP contribution in [-0.4, -0.2) is 24.2 Å². The number of aliphatic hydroxyl groups excluding tert-OH is 1. The summed E-state index contributed by atoms with van der Waals surface area (Å²) in [4.78, 5) is 12.9. The monoisotopic (exact) mass is 337 g/mol. The summed E-state index contributed by atoms with van der Waals surface area (Å²) in [6.45, 7) is -0.105. The van der Waals surface area contributed by atoms with Crippen molar-refractivity contribution in [2.24, 2.45) is 5.92 Å². The van der Waals surface area contributed by atoms with Crippen molar-refractivity contribution in [1.82, 2.24) is 0 Å². The van der Waals surface area contributed by atoms with Gasteiger partial charge in [-0.1, -0.05) is 15.9 Å². The van der Waals surface area contributed by atoms with Crippen LogP contribution < -0.4 is 4.90 Å². The SMILES string of the molecule is O=C1CC(CO)CN1c1cc(Br)ccc1C(F)(F)F. The Kier molecular flexibility index (Phi) is 3.87. The molecule has 0 radical (unpaired) electrons. The zero-order valence-corrected chi connectivity index (χ0v) is 11.3. The second-order valence-corrected chi connectivity index (χ2v) is 5.33. The molecular weight excluding hydrogens is 327 g/mol. The Morgan fingerprint density at radius 1 is 1.42 bits per heavy atom. The van der Waals surface area contributed by atoms with Crippen LogP contribution in [-0.2, 0) is 11.0 Å². The van der Waals surface area contributed by atoms with E-state index < -0.39 is 17.6 Å². The molecule has 1 aromatic rings. The van der Waals surface area contributed by atoms with E-state index in [2.05, 4.69) is 15.9 Å². The molecule has 1 unspecified atom stereocenters. The van der Waals surface area contributed by atoms with E-state index in [1.807, 2.05) is 0 Å². The first kappa shape index (κ1) is 14.3. The lowest BCUT2D eigenvalue weighted by molar-refractivity contribution is -0.137. The summed E-state index contributed by atoms with van der Waals surface area (Å²) in [7, 11) is 0. The van der Waals surface area contributed by atoms with E-state index >= 15 is 0 Å². The molecule has 1 fully saturated rings. The van der Waals surface area contributed by atoms with Crippen molar-refractivity contribution in [3.8, 4) is 0 Å². The summed E-state index contributed by atoms with van der Waals surface area (Å²) >= 11 is 3.11. The minimum atomic E-state index is -4.52. The maximum atomic E-state index is 12.9. The molecule has 2 rings (SSSR count). The van der Waals surface area contributed by atoms with E-state index in [1.54, 1.807) is 0 Å². The van der Waals surface area contributed by atoms with Crippen LogP contribution in [0, 0.1) is 5.92 Å². The van der Waals surface area contributed by atoms with Gasteiger partial charge in [-0.05, 0) is 18.2 Å². The summed E-state index contributed by atoms with van der Waals surface area (Å²) in [5.74, 6) is -0.713. The first-order chi connectivity index (χ1) is 8.82. The van der Waals surface area contributed by atoms with Gasteiger partial charge < -0.3 is 10.0 Å². The number of amides is 1. The molecule has 19 heavy (non-hydrogen) atoms. The fourth-order valence-electron chi connectivity index (χ4n) is 2.10. The van der Waals surface area contributed by atoms with E-state index in [0.29, 0.717) is 4.47 Å². The van der Waals surface area contributed by atoms with Crippen molar-refractivity contribution in [3.63, 3.8) is 0 Å². The first-order valence-corrected chi connectivity index (χ1v) is 6.40.